The van der Waals surface area contributed by atoms with E-state index in [1.807, 2.05) is 42.5 Å². The van der Waals surface area contributed by atoms with Crippen molar-refractivity contribution in [3.8, 4) is 0 Å². The number of H-pyrrole nitrogens is 2. The van der Waals surface area contributed by atoms with E-state index in [0.717, 1.165) is 21.8 Å². The molecular formula is C30H34N6O8. The summed E-state index contributed by atoms with van der Waals surface area (Å²) in [5.74, 6) is -5.01. The minimum Gasteiger partial charge on any atom is -0.481 e. The molecule has 0 bridgehead atoms. The van der Waals surface area contributed by atoms with Gasteiger partial charge in [0.15, 0.2) is 0 Å². The SMILES string of the molecule is NC(CCC(=O)O)C(=O)NC(CO)C(=O)NC(Cc1c[nH]c2ccccc12)C(=O)NC(Cc1c[nH]c2ccccc12)C(=O)O. The quantitative estimate of drug-likeness (QED) is 0.0894. The van der Waals surface area contributed by atoms with Gasteiger partial charge in [-0.1, -0.05) is 36.4 Å². The molecule has 0 spiro atoms. The zero-order valence-corrected chi connectivity index (χ0v) is 23.6. The molecule has 4 unspecified atom stereocenters. The number of carbonyl (C=O) groups excluding carboxylic acids is 3. The molecule has 0 radical (unpaired) electrons. The smallest absolute Gasteiger partial charge is 0.326 e. The van der Waals surface area contributed by atoms with E-state index < -0.39 is 60.4 Å². The molecule has 4 rings (SSSR count). The summed E-state index contributed by atoms with van der Waals surface area (Å²) < 4.78 is 0. The number of aliphatic hydroxyl groups is 1. The average Bonchev–Trinajstić information content (AvgIpc) is 3.61. The van der Waals surface area contributed by atoms with Crippen molar-refractivity contribution in [2.24, 2.45) is 5.73 Å². The van der Waals surface area contributed by atoms with Gasteiger partial charge < -0.3 is 47.0 Å². The Morgan fingerprint density at radius 1 is 0.705 bits per heavy atom. The van der Waals surface area contributed by atoms with E-state index >= 15 is 0 Å². The van der Waals surface area contributed by atoms with Crippen molar-refractivity contribution in [2.75, 3.05) is 6.61 Å². The maximum atomic E-state index is 13.6. The number of benzene rings is 2. The van der Waals surface area contributed by atoms with Gasteiger partial charge in [0.05, 0.1) is 12.6 Å². The predicted octanol–water partition coefficient (Wildman–Crippen LogP) is 0.158. The van der Waals surface area contributed by atoms with Crippen molar-refractivity contribution in [3.05, 3.63) is 72.1 Å². The Labute approximate surface area is 251 Å². The van der Waals surface area contributed by atoms with Gasteiger partial charge in [0, 0.05) is 53.5 Å². The fraction of sp³-hybridized carbons (Fsp3) is 0.300. The minimum atomic E-state index is -1.52. The summed E-state index contributed by atoms with van der Waals surface area (Å²) in [6.07, 6.45) is 2.69. The van der Waals surface area contributed by atoms with Crippen LogP contribution in [-0.4, -0.2) is 85.7 Å². The van der Waals surface area contributed by atoms with Crippen molar-refractivity contribution in [1.82, 2.24) is 25.9 Å². The van der Waals surface area contributed by atoms with Crippen LogP contribution >= 0.6 is 0 Å². The summed E-state index contributed by atoms with van der Waals surface area (Å²) in [5, 5.41) is 37.6. The molecule has 0 aliphatic rings. The first-order valence-electron chi connectivity index (χ1n) is 13.9. The topological polar surface area (TPSA) is 240 Å². The van der Waals surface area contributed by atoms with Crippen LogP contribution in [0.4, 0.5) is 0 Å². The largest absolute Gasteiger partial charge is 0.481 e. The van der Waals surface area contributed by atoms with Crippen LogP contribution in [-0.2, 0) is 36.8 Å². The van der Waals surface area contributed by atoms with E-state index in [-0.39, 0.29) is 25.7 Å². The zero-order valence-electron chi connectivity index (χ0n) is 23.6. The maximum Gasteiger partial charge on any atom is 0.326 e. The van der Waals surface area contributed by atoms with Crippen LogP contribution in [0.3, 0.4) is 0 Å². The number of aromatic amines is 2. The van der Waals surface area contributed by atoms with Crippen LogP contribution in [0.1, 0.15) is 24.0 Å². The highest BCUT2D eigenvalue weighted by Crippen LogP contribution is 2.21. The molecular weight excluding hydrogens is 572 g/mol. The predicted molar refractivity (Wildman–Crippen MR) is 159 cm³/mol. The molecule has 44 heavy (non-hydrogen) atoms. The van der Waals surface area contributed by atoms with Crippen molar-refractivity contribution in [1.29, 1.82) is 0 Å². The molecule has 0 saturated carbocycles. The van der Waals surface area contributed by atoms with E-state index in [2.05, 4.69) is 25.9 Å². The number of aliphatic carboxylic acids is 2. The summed E-state index contributed by atoms with van der Waals surface area (Å²) in [4.78, 5) is 68.4. The Balaban J connectivity index is 1.53. The second-order valence-corrected chi connectivity index (χ2v) is 10.4. The lowest BCUT2D eigenvalue weighted by atomic mass is 10.0. The van der Waals surface area contributed by atoms with Crippen LogP contribution in [0.2, 0.25) is 0 Å². The summed E-state index contributed by atoms with van der Waals surface area (Å²) in [6.45, 7) is -0.844. The number of para-hydroxylation sites is 2. The number of hydrogen-bond donors (Lipinski definition) is 9. The molecule has 0 aliphatic heterocycles. The highest BCUT2D eigenvalue weighted by atomic mass is 16.4. The zero-order chi connectivity index (χ0) is 31.8. The molecule has 14 nitrogen and oxygen atoms in total. The molecule has 0 saturated heterocycles. The van der Waals surface area contributed by atoms with E-state index in [1.54, 1.807) is 18.5 Å². The summed E-state index contributed by atoms with van der Waals surface area (Å²) in [5.41, 5.74) is 8.64. The van der Waals surface area contributed by atoms with Gasteiger partial charge in [-0.25, -0.2) is 4.79 Å². The van der Waals surface area contributed by atoms with Crippen LogP contribution in [0.5, 0.6) is 0 Å². The van der Waals surface area contributed by atoms with Crippen molar-refractivity contribution in [3.63, 3.8) is 0 Å². The highest BCUT2D eigenvalue weighted by Gasteiger charge is 2.31. The average molecular weight is 607 g/mol. The van der Waals surface area contributed by atoms with E-state index in [9.17, 15) is 34.2 Å². The molecule has 0 fully saturated rings. The second kappa shape index (κ2) is 14.3. The number of hydrogen-bond acceptors (Lipinski definition) is 7. The first-order chi connectivity index (χ1) is 21.1. The van der Waals surface area contributed by atoms with Gasteiger partial charge in [0.25, 0.3) is 0 Å². The van der Waals surface area contributed by atoms with Gasteiger partial charge in [-0.3, -0.25) is 19.2 Å². The highest BCUT2D eigenvalue weighted by molar-refractivity contribution is 5.95. The molecule has 2 aromatic heterocycles. The fourth-order valence-electron chi connectivity index (χ4n) is 4.88. The summed E-state index contributed by atoms with van der Waals surface area (Å²) in [7, 11) is 0. The number of carbonyl (C=O) groups is 5. The second-order valence-electron chi connectivity index (χ2n) is 10.4. The number of aromatic nitrogens is 2. The lowest BCUT2D eigenvalue weighted by Crippen LogP contribution is -2.58. The molecule has 2 aromatic carbocycles. The molecule has 0 aliphatic carbocycles. The van der Waals surface area contributed by atoms with Crippen molar-refractivity contribution in [2.45, 2.75) is 49.9 Å². The fourth-order valence-corrected chi connectivity index (χ4v) is 4.88. The molecule has 14 heteroatoms. The number of rotatable bonds is 15. The number of nitrogens with one attached hydrogen (secondary N) is 5. The van der Waals surface area contributed by atoms with Crippen LogP contribution in [0, 0.1) is 0 Å². The van der Waals surface area contributed by atoms with E-state index in [1.165, 1.54) is 0 Å². The number of aliphatic hydroxyl groups excluding tert-OH is 1. The molecule has 3 amide bonds. The van der Waals surface area contributed by atoms with E-state index in [4.69, 9.17) is 10.8 Å². The van der Waals surface area contributed by atoms with E-state index in [0.29, 0.717) is 11.1 Å². The number of carboxylic acid groups (broad SMARTS) is 2. The van der Waals surface area contributed by atoms with Gasteiger partial charge in [-0.05, 0) is 29.7 Å². The summed E-state index contributed by atoms with van der Waals surface area (Å²) in [6, 6.07) is 9.20. The number of amides is 3. The number of carboxylic acids is 2. The minimum absolute atomic E-state index is 0.0393. The Kier molecular flexibility index (Phi) is 10.3. The Hall–Kier alpha value is -5.21. The van der Waals surface area contributed by atoms with Gasteiger partial charge >= 0.3 is 11.9 Å². The molecule has 10 N–H and O–H groups in total. The lowest BCUT2D eigenvalue weighted by Gasteiger charge is -2.24. The van der Waals surface area contributed by atoms with Crippen molar-refractivity contribution >= 4 is 51.5 Å². The Bertz CT molecular complexity index is 1660. The molecule has 4 aromatic rings. The first kappa shape index (κ1) is 31.7. The van der Waals surface area contributed by atoms with Crippen molar-refractivity contribution < 1.29 is 39.3 Å². The van der Waals surface area contributed by atoms with Crippen LogP contribution < -0.4 is 21.7 Å². The van der Waals surface area contributed by atoms with Gasteiger partial charge in [-0.15, -0.1) is 0 Å². The van der Waals surface area contributed by atoms with Crippen LogP contribution in [0.15, 0.2) is 60.9 Å². The Morgan fingerprint density at radius 2 is 1.18 bits per heavy atom. The number of fused-ring (bicyclic) bond motifs is 2. The third-order valence-electron chi connectivity index (χ3n) is 7.27. The van der Waals surface area contributed by atoms with Gasteiger partial charge in [-0.2, -0.15) is 0 Å². The third-order valence-corrected chi connectivity index (χ3v) is 7.27. The first-order valence-corrected chi connectivity index (χ1v) is 13.9. The molecule has 4 atom stereocenters. The maximum absolute atomic E-state index is 13.6. The van der Waals surface area contributed by atoms with Gasteiger partial charge in [0.1, 0.15) is 18.1 Å². The third kappa shape index (κ3) is 7.79. The normalized spacial score (nSPS) is 14.0. The number of nitrogens with two attached hydrogens (primary N) is 1. The monoisotopic (exact) mass is 606 g/mol. The van der Waals surface area contributed by atoms with Gasteiger partial charge in [0.2, 0.25) is 17.7 Å². The molecule has 2 heterocycles. The standard InChI is InChI=1S/C30H34N6O8/c31-20(9-10-26(38)39)27(40)36-25(15-37)29(42)34-23(11-16-13-32-21-7-3-1-5-18(16)21)28(41)35-24(30(43)44)12-17-14-33-22-8-4-2-6-19(17)22/h1-8,13-14,20,23-25,32-33,37H,9-12,15,31H2,(H,34,42)(H,35,41)(H,36,40)(H,38,39)(H,43,44). The molecule has 232 valence electrons. The van der Waals surface area contributed by atoms with Crippen LogP contribution in [0.25, 0.3) is 21.8 Å². The summed E-state index contributed by atoms with van der Waals surface area (Å²) >= 11 is 0. The Morgan fingerprint density at radius 3 is 1.70 bits per heavy atom. The lowest BCUT2D eigenvalue weighted by molar-refractivity contribution is -0.142.